The van der Waals surface area contributed by atoms with Gasteiger partial charge in [-0.2, -0.15) is 4.37 Å². The first-order chi connectivity index (χ1) is 8.22. The number of benzene rings is 1. The number of esters is 1. The molecule has 0 fully saturated rings. The van der Waals surface area contributed by atoms with Crippen molar-refractivity contribution in [2.45, 2.75) is 6.92 Å². The van der Waals surface area contributed by atoms with E-state index in [9.17, 15) is 9.90 Å². The standard InChI is InChI=1S/C11H10N2O3S/c1-2-16-11(15)10-12-9(13-17-10)7-5-3-4-6-8(7)14/h3-6,14H,2H2,1H3. The summed E-state index contributed by atoms with van der Waals surface area (Å²) in [5, 5.41) is 9.81. The molecule has 0 unspecified atom stereocenters. The zero-order valence-electron chi connectivity index (χ0n) is 9.08. The molecule has 1 N–H and O–H groups in total. The zero-order chi connectivity index (χ0) is 12.3. The summed E-state index contributed by atoms with van der Waals surface area (Å²) in [4.78, 5) is 15.4. The molecule has 1 aromatic heterocycles. The first kappa shape index (κ1) is 11.5. The van der Waals surface area contributed by atoms with E-state index in [0.29, 0.717) is 18.0 Å². The Hall–Kier alpha value is -1.95. The van der Waals surface area contributed by atoms with Gasteiger partial charge < -0.3 is 9.84 Å². The quantitative estimate of drug-likeness (QED) is 0.844. The molecule has 5 nitrogen and oxygen atoms in total. The first-order valence-corrected chi connectivity index (χ1v) is 5.79. The van der Waals surface area contributed by atoms with Crippen LogP contribution >= 0.6 is 11.5 Å². The molecule has 0 atom stereocenters. The van der Waals surface area contributed by atoms with E-state index in [1.54, 1.807) is 31.2 Å². The summed E-state index contributed by atoms with van der Waals surface area (Å²) in [6.07, 6.45) is 0. The Balaban J connectivity index is 2.30. The van der Waals surface area contributed by atoms with Crippen molar-refractivity contribution in [3.05, 3.63) is 29.3 Å². The van der Waals surface area contributed by atoms with Gasteiger partial charge in [0, 0.05) is 0 Å². The molecule has 0 bridgehead atoms. The summed E-state index contributed by atoms with van der Waals surface area (Å²) in [5.41, 5.74) is 0.499. The number of phenols is 1. The minimum Gasteiger partial charge on any atom is -0.507 e. The van der Waals surface area contributed by atoms with E-state index in [0.717, 1.165) is 11.5 Å². The lowest BCUT2D eigenvalue weighted by atomic mass is 10.2. The summed E-state index contributed by atoms with van der Waals surface area (Å²) >= 11 is 0.954. The van der Waals surface area contributed by atoms with Crippen molar-refractivity contribution in [1.29, 1.82) is 0 Å². The van der Waals surface area contributed by atoms with Crippen LogP contribution in [0.15, 0.2) is 24.3 Å². The molecular weight excluding hydrogens is 240 g/mol. The highest BCUT2D eigenvalue weighted by molar-refractivity contribution is 7.07. The van der Waals surface area contributed by atoms with Gasteiger partial charge in [0.05, 0.1) is 12.2 Å². The van der Waals surface area contributed by atoms with E-state index in [4.69, 9.17) is 4.74 Å². The molecule has 0 aliphatic carbocycles. The number of aromatic hydroxyl groups is 1. The van der Waals surface area contributed by atoms with Crippen molar-refractivity contribution in [3.63, 3.8) is 0 Å². The van der Waals surface area contributed by atoms with Gasteiger partial charge in [0.1, 0.15) is 5.75 Å². The van der Waals surface area contributed by atoms with Crippen LogP contribution in [0.4, 0.5) is 0 Å². The third kappa shape index (κ3) is 2.42. The number of aromatic nitrogens is 2. The van der Waals surface area contributed by atoms with Crippen LogP contribution in [0.3, 0.4) is 0 Å². The Morgan fingerprint density at radius 3 is 2.94 bits per heavy atom. The molecule has 1 aromatic carbocycles. The number of hydrogen-bond donors (Lipinski definition) is 1. The molecule has 0 amide bonds. The lowest BCUT2D eigenvalue weighted by Crippen LogP contribution is -2.03. The maximum atomic E-state index is 11.4. The third-order valence-corrected chi connectivity index (χ3v) is 2.72. The van der Waals surface area contributed by atoms with Crippen molar-refractivity contribution in [2.24, 2.45) is 0 Å². The lowest BCUT2D eigenvalue weighted by molar-refractivity contribution is 0.0526. The highest BCUT2D eigenvalue weighted by Gasteiger charge is 2.15. The van der Waals surface area contributed by atoms with Crippen molar-refractivity contribution < 1.29 is 14.6 Å². The Bertz CT molecular complexity index is 539. The molecule has 17 heavy (non-hydrogen) atoms. The van der Waals surface area contributed by atoms with Crippen molar-refractivity contribution in [3.8, 4) is 17.1 Å². The summed E-state index contributed by atoms with van der Waals surface area (Å²) in [6.45, 7) is 2.02. The van der Waals surface area contributed by atoms with E-state index >= 15 is 0 Å². The Labute approximate surface area is 102 Å². The second-order valence-electron chi connectivity index (χ2n) is 3.16. The summed E-state index contributed by atoms with van der Waals surface area (Å²) in [5.74, 6) is -0.0801. The molecule has 0 saturated heterocycles. The second-order valence-corrected chi connectivity index (χ2v) is 3.91. The number of nitrogens with zero attached hydrogens (tertiary/aromatic N) is 2. The average Bonchev–Trinajstić information content (AvgIpc) is 2.79. The van der Waals surface area contributed by atoms with Crippen LogP contribution in [0, 0.1) is 0 Å². The van der Waals surface area contributed by atoms with E-state index in [1.165, 1.54) is 0 Å². The second kappa shape index (κ2) is 4.92. The van der Waals surface area contributed by atoms with Gasteiger partial charge in [0.2, 0.25) is 5.01 Å². The third-order valence-electron chi connectivity index (χ3n) is 2.02. The molecule has 2 rings (SSSR count). The number of phenolic OH excluding ortho intramolecular Hbond substituents is 1. The maximum Gasteiger partial charge on any atom is 0.369 e. The van der Waals surface area contributed by atoms with Gasteiger partial charge in [-0.25, -0.2) is 9.78 Å². The minimum absolute atomic E-state index is 0.0840. The topological polar surface area (TPSA) is 72.3 Å². The molecule has 0 radical (unpaired) electrons. The van der Waals surface area contributed by atoms with Crippen LogP contribution in [0.2, 0.25) is 0 Å². The summed E-state index contributed by atoms with van der Waals surface area (Å²) in [7, 11) is 0. The van der Waals surface area contributed by atoms with Crippen LogP contribution in [0.25, 0.3) is 11.4 Å². The van der Waals surface area contributed by atoms with E-state index in [2.05, 4.69) is 9.36 Å². The van der Waals surface area contributed by atoms with Crippen molar-refractivity contribution in [2.75, 3.05) is 6.61 Å². The molecule has 0 saturated carbocycles. The molecule has 2 aromatic rings. The molecule has 0 aliphatic rings. The number of carbonyl (C=O) groups excluding carboxylic acids is 1. The fraction of sp³-hybridized carbons (Fsp3) is 0.182. The largest absolute Gasteiger partial charge is 0.507 e. The Morgan fingerprint density at radius 2 is 2.24 bits per heavy atom. The highest BCUT2D eigenvalue weighted by atomic mass is 32.1. The molecule has 0 spiro atoms. The number of carbonyl (C=O) groups is 1. The fourth-order valence-corrected chi connectivity index (χ4v) is 1.84. The summed E-state index contributed by atoms with van der Waals surface area (Å²) < 4.78 is 8.83. The maximum absolute atomic E-state index is 11.4. The van der Waals surface area contributed by atoms with E-state index in [1.807, 2.05) is 0 Å². The summed E-state index contributed by atoms with van der Waals surface area (Å²) in [6, 6.07) is 6.70. The first-order valence-electron chi connectivity index (χ1n) is 5.01. The van der Waals surface area contributed by atoms with Gasteiger partial charge >= 0.3 is 5.97 Å². The smallest absolute Gasteiger partial charge is 0.369 e. The number of hydrogen-bond acceptors (Lipinski definition) is 6. The van der Waals surface area contributed by atoms with Crippen molar-refractivity contribution >= 4 is 17.5 Å². The Morgan fingerprint density at radius 1 is 1.47 bits per heavy atom. The van der Waals surface area contributed by atoms with E-state index in [-0.39, 0.29) is 10.8 Å². The van der Waals surface area contributed by atoms with Gasteiger partial charge in [-0.15, -0.1) is 0 Å². The van der Waals surface area contributed by atoms with Crippen LogP contribution in [-0.4, -0.2) is 27.0 Å². The van der Waals surface area contributed by atoms with Gasteiger partial charge in [0.25, 0.3) is 0 Å². The van der Waals surface area contributed by atoms with Crippen molar-refractivity contribution in [1.82, 2.24) is 9.36 Å². The normalized spacial score (nSPS) is 10.2. The number of rotatable bonds is 3. The van der Waals surface area contributed by atoms with Gasteiger partial charge in [-0.1, -0.05) is 12.1 Å². The van der Waals surface area contributed by atoms with E-state index < -0.39 is 5.97 Å². The van der Waals surface area contributed by atoms with Gasteiger partial charge in [-0.05, 0) is 30.6 Å². The predicted octanol–water partition coefficient (Wildman–Crippen LogP) is 2.09. The van der Waals surface area contributed by atoms with Crippen LogP contribution < -0.4 is 0 Å². The van der Waals surface area contributed by atoms with Crippen LogP contribution in [0.1, 0.15) is 16.7 Å². The van der Waals surface area contributed by atoms with Gasteiger partial charge in [-0.3, -0.25) is 0 Å². The number of para-hydroxylation sites is 1. The molecule has 6 heteroatoms. The number of ether oxygens (including phenoxy) is 1. The predicted molar refractivity (Wildman–Crippen MR) is 63.0 cm³/mol. The molecule has 0 aliphatic heterocycles. The van der Waals surface area contributed by atoms with Gasteiger partial charge in [0.15, 0.2) is 5.82 Å². The Kier molecular flexibility index (Phi) is 3.34. The molecular formula is C11H10N2O3S. The SMILES string of the molecule is CCOC(=O)c1nc(-c2ccccc2O)ns1. The fourth-order valence-electron chi connectivity index (χ4n) is 1.27. The zero-order valence-corrected chi connectivity index (χ0v) is 9.90. The monoisotopic (exact) mass is 250 g/mol. The average molecular weight is 250 g/mol. The minimum atomic E-state index is -0.494. The molecule has 1 heterocycles. The lowest BCUT2D eigenvalue weighted by Gasteiger charge is -1.98. The van der Waals surface area contributed by atoms with Crippen LogP contribution in [0.5, 0.6) is 5.75 Å². The van der Waals surface area contributed by atoms with Crippen LogP contribution in [-0.2, 0) is 4.74 Å². The molecule has 88 valence electrons. The highest BCUT2D eigenvalue weighted by Crippen LogP contribution is 2.27.